The van der Waals surface area contributed by atoms with Gasteiger partial charge in [-0.2, -0.15) is 0 Å². The van der Waals surface area contributed by atoms with Gasteiger partial charge >= 0.3 is 12.1 Å². The van der Waals surface area contributed by atoms with E-state index in [-0.39, 0.29) is 23.7 Å². The van der Waals surface area contributed by atoms with Crippen molar-refractivity contribution in [3.05, 3.63) is 70.2 Å². The minimum atomic E-state index is -1.12. The largest absolute Gasteiger partial charge is 0.478 e. The van der Waals surface area contributed by atoms with Crippen molar-refractivity contribution >= 4 is 23.7 Å². The standard InChI is InChI=1S/C18H14ClNO4/c19-16-14(8-4-10-15(16)17(21)22)9-5-11-20-18(23)24-12-13-6-2-1-3-7-13/h1-4,6-8,10H,11-12H2,(H,20,23)(H,21,22). The fraction of sp³-hybridized carbons (Fsp3) is 0.111. The van der Waals surface area contributed by atoms with Gasteiger partial charge in [0, 0.05) is 5.56 Å². The van der Waals surface area contributed by atoms with E-state index in [1.54, 1.807) is 12.1 Å². The van der Waals surface area contributed by atoms with E-state index in [1.165, 1.54) is 6.07 Å². The minimum Gasteiger partial charge on any atom is -0.478 e. The van der Waals surface area contributed by atoms with Crippen molar-refractivity contribution in [2.75, 3.05) is 6.54 Å². The number of carboxylic acids is 1. The zero-order valence-electron chi connectivity index (χ0n) is 12.6. The summed E-state index contributed by atoms with van der Waals surface area (Å²) in [5, 5.41) is 11.5. The van der Waals surface area contributed by atoms with E-state index < -0.39 is 12.1 Å². The number of ether oxygens (including phenoxy) is 1. The molecule has 0 aromatic heterocycles. The van der Waals surface area contributed by atoms with Gasteiger partial charge in [0.15, 0.2) is 0 Å². The Balaban J connectivity index is 1.84. The molecule has 0 fully saturated rings. The van der Waals surface area contributed by atoms with Crippen LogP contribution in [0.3, 0.4) is 0 Å². The molecule has 0 saturated carbocycles. The average Bonchev–Trinajstić information content (AvgIpc) is 2.58. The van der Waals surface area contributed by atoms with E-state index in [1.807, 2.05) is 30.3 Å². The number of aromatic carboxylic acids is 1. The van der Waals surface area contributed by atoms with Crippen LogP contribution in [0.25, 0.3) is 0 Å². The number of carbonyl (C=O) groups is 2. The number of benzene rings is 2. The summed E-state index contributed by atoms with van der Waals surface area (Å²) in [5.74, 6) is 4.30. The van der Waals surface area contributed by atoms with Gasteiger partial charge in [-0.3, -0.25) is 0 Å². The molecule has 0 aliphatic carbocycles. The molecule has 0 unspecified atom stereocenters. The molecule has 0 spiro atoms. The summed E-state index contributed by atoms with van der Waals surface area (Å²) in [6, 6.07) is 13.9. The quantitative estimate of drug-likeness (QED) is 0.835. The van der Waals surface area contributed by atoms with Crippen LogP contribution < -0.4 is 5.32 Å². The lowest BCUT2D eigenvalue weighted by molar-refractivity contribution is 0.0697. The Kier molecular flexibility index (Phi) is 6.23. The lowest BCUT2D eigenvalue weighted by Gasteiger charge is -2.04. The van der Waals surface area contributed by atoms with Crippen molar-refractivity contribution in [2.45, 2.75) is 6.61 Å². The van der Waals surface area contributed by atoms with Gasteiger partial charge in [0.05, 0.1) is 17.1 Å². The first-order valence-corrected chi connectivity index (χ1v) is 7.41. The van der Waals surface area contributed by atoms with Crippen molar-refractivity contribution in [2.24, 2.45) is 0 Å². The van der Waals surface area contributed by atoms with Crippen LogP contribution in [0.15, 0.2) is 48.5 Å². The van der Waals surface area contributed by atoms with Crippen LogP contribution in [0, 0.1) is 11.8 Å². The van der Waals surface area contributed by atoms with Crippen molar-refractivity contribution < 1.29 is 19.4 Å². The number of carbonyl (C=O) groups excluding carboxylic acids is 1. The number of rotatable bonds is 4. The molecule has 1 amide bonds. The third kappa shape index (κ3) is 5.04. The first-order chi connectivity index (χ1) is 11.6. The molecule has 2 aromatic rings. The second-order valence-electron chi connectivity index (χ2n) is 4.69. The van der Waals surface area contributed by atoms with Crippen LogP contribution in [0.5, 0.6) is 0 Å². The lowest BCUT2D eigenvalue weighted by atomic mass is 10.1. The molecule has 5 nitrogen and oxygen atoms in total. The van der Waals surface area contributed by atoms with Gasteiger partial charge < -0.3 is 15.2 Å². The third-order valence-electron chi connectivity index (χ3n) is 2.99. The van der Waals surface area contributed by atoms with Crippen molar-refractivity contribution in [3.63, 3.8) is 0 Å². The summed E-state index contributed by atoms with van der Waals surface area (Å²) in [6.07, 6.45) is -0.585. The summed E-state index contributed by atoms with van der Waals surface area (Å²) in [7, 11) is 0. The highest BCUT2D eigenvalue weighted by Crippen LogP contribution is 2.20. The Labute approximate surface area is 144 Å². The number of hydrogen-bond donors (Lipinski definition) is 2. The van der Waals surface area contributed by atoms with E-state index in [0.29, 0.717) is 5.56 Å². The molecular formula is C18H14ClNO4. The second kappa shape index (κ2) is 8.61. The summed E-state index contributed by atoms with van der Waals surface area (Å²) < 4.78 is 5.03. The topological polar surface area (TPSA) is 75.6 Å². The maximum Gasteiger partial charge on any atom is 0.408 e. The normalized spacial score (nSPS) is 9.54. The predicted molar refractivity (Wildman–Crippen MR) is 89.9 cm³/mol. The first kappa shape index (κ1) is 17.4. The van der Waals surface area contributed by atoms with Crippen molar-refractivity contribution in [3.8, 4) is 11.8 Å². The Morgan fingerprint density at radius 1 is 1.12 bits per heavy atom. The van der Waals surface area contributed by atoms with Gasteiger partial charge in [0.25, 0.3) is 0 Å². The van der Waals surface area contributed by atoms with Crippen LogP contribution >= 0.6 is 11.6 Å². The molecule has 2 rings (SSSR count). The van der Waals surface area contributed by atoms with Gasteiger partial charge in [-0.15, -0.1) is 0 Å². The maximum absolute atomic E-state index is 11.5. The Hall–Kier alpha value is -2.97. The molecule has 24 heavy (non-hydrogen) atoms. The number of amides is 1. The lowest BCUT2D eigenvalue weighted by Crippen LogP contribution is -2.24. The van der Waals surface area contributed by atoms with Gasteiger partial charge in [-0.05, 0) is 17.7 Å². The number of hydrogen-bond acceptors (Lipinski definition) is 3. The van der Waals surface area contributed by atoms with Gasteiger partial charge in [-0.25, -0.2) is 9.59 Å². The fourth-order valence-corrected chi connectivity index (χ4v) is 2.08. The highest BCUT2D eigenvalue weighted by molar-refractivity contribution is 6.34. The molecule has 0 bridgehead atoms. The SMILES string of the molecule is O=C(NCC#Cc1cccc(C(=O)O)c1Cl)OCc1ccccc1. The van der Waals surface area contributed by atoms with Crippen LogP contribution in [0.1, 0.15) is 21.5 Å². The third-order valence-corrected chi connectivity index (χ3v) is 3.39. The van der Waals surface area contributed by atoms with E-state index in [0.717, 1.165) is 5.56 Å². The van der Waals surface area contributed by atoms with Gasteiger partial charge in [0.2, 0.25) is 0 Å². The summed E-state index contributed by atoms with van der Waals surface area (Å²) in [4.78, 5) is 22.5. The average molecular weight is 344 g/mol. The summed E-state index contributed by atoms with van der Waals surface area (Å²) in [5.41, 5.74) is 1.26. The number of halogens is 1. The predicted octanol–water partition coefficient (Wildman–Crippen LogP) is 3.32. The van der Waals surface area contributed by atoms with Crippen molar-refractivity contribution in [1.82, 2.24) is 5.32 Å². The van der Waals surface area contributed by atoms with Crippen LogP contribution in [0.2, 0.25) is 5.02 Å². The molecule has 122 valence electrons. The maximum atomic E-state index is 11.5. The molecule has 2 N–H and O–H groups in total. The molecule has 0 radical (unpaired) electrons. The highest BCUT2D eigenvalue weighted by atomic mass is 35.5. The van der Waals surface area contributed by atoms with E-state index in [4.69, 9.17) is 21.4 Å². The smallest absolute Gasteiger partial charge is 0.408 e. The van der Waals surface area contributed by atoms with Crippen LogP contribution in [-0.4, -0.2) is 23.7 Å². The second-order valence-corrected chi connectivity index (χ2v) is 5.07. The zero-order chi connectivity index (χ0) is 17.4. The molecular weight excluding hydrogens is 330 g/mol. The van der Waals surface area contributed by atoms with Crippen LogP contribution in [-0.2, 0) is 11.3 Å². The number of carboxylic acid groups (broad SMARTS) is 1. The molecule has 2 aromatic carbocycles. The Morgan fingerprint density at radius 3 is 2.58 bits per heavy atom. The van der Waals surface area contributed by atoms with Gasteiger partial charge in [-0.1, -0.05) is 59.8 Å². The zero-order valence-corrected chi connectivity index (χ0v) is 13.3. The number of nitrogens with one attached hydrogen (secondary N) is 1. The van der Waals surface area contributed by atoms with Crippen LogP contribution in [0.4, 0.5) is 4.79 Å². The van der Waals surface area contributed by atoms with E-state index >= 15 is 0 Å². The first-order valence-electron chi connectivity index (χ1n) is 7.03. The number of alkyl carbamates (subject to hydrolysis) is 1. The summed E-state index contributed by atoms with van der Waals surface area (Å²) >= 11 is 5.97. The fourth-order valence-electron chi connectivity index (χ4n) is 1.82. The van der Waals surface area contributed by atoms with Gasteiger partial charge in [0.1, 0.15) is 6.61 Å². The molecule has 0 saturated heterocycles. The Morgan fingerprint density at radius 2 is 1.88 bits per heavy atom. The Bertz CT molecular complexity index is 794. The van der Waals surface area contributed by atoms with Crippen molar-refractivity contribution in [1.29, 1.82) is 0 Å². The van der Waals surface area contributed by atoms with E-state index in [9.17, 15) is 9.59 Å². The monoisotopic (exact) mass is 343 g/mol. The molecule has 6 heteroatoms. The molecule has 0 atom stereocenters. The highest BCUT2D eigenvalue weighted by Gasteiger charge is 2.10. The molecule has 0 aliphatic rings. The molecule has 0 heterocycles. The molecule has 0 aliphatic heterocycles. The minimum absolute atomic E-state index is 0.0151. The van der Waals surface area contributed by atoms with E-state index in [2.05, 4.69) is 17.2 Å². The summed E-state index contributed by atoms with van der Waals surface area (Å²) in [6.45, 7) is 0.230.